The molecule has 8 nitrogen and oxygen atoms in total. The number of aromatic nitrogens is 4. The molecule has 3 heterocycles. The van der Waals surface area contributed by atoms with Crippen LogP contribution >= 0.6 is 0 Å². The molecule has 0 unspecified atom stereocenters. The van der Waals surface area contributed by atoms with Crippen molar-refractivity contribution in [1.82, 2.24) is 19.6 Å². The van der Waals surface area contributed by atoms with Gasteiger partial charge in [-0.15, -0.1) is 0 Å². The van der Waals surface area contributed by atoms with E-state index in [1.807, 2.05) is 43.1 Å². The molecular weight excluding hydrogens is 344 g/mol. The topological polar surface area (TPSA) is 95.7 Å². The van der Waals surface area contributed by atoms with Gasteiger partial charge in [0.25, 0.3) is 5.91 Å². The Morgan fingerprint density at radius 1 is 1.30 bits per heavy atom. The van der Waals surface area contributed by atoms with Gasteiger partial charge in [0.05, 0.1) is 35.5 Å². The number of rotatable bonds is 4. The number of fused-ring (bicyclic) bond motifs is 2. The van der Waals surface area contributed by atoms with E-state index in [4.69, 9.17) is 0 Å². The number of carbonyl (C=O) groups is 1. The average molecular weight is 362 g/mol. The Bertz CT molecular complexity index is 1150. The highest BCUT2D eigenvalue weighted by molar-refractivity contribution is 6.10. The van der Waals surface area contributed by atoms with Crippen LogP contribution in [0.15, 0.2) is 49.1 Å². The lowest BCUT2D eigenvalue weighted by atomic mass is 10.1. The molecule has 0 atom stereocenters. The molecule has 1 amide bonds. The van der Waals surface area contributed by atoms with Gasteiger partial charge in [-0.3, -0.25) is 9.78 Å². The summed E-state index contributed by atoms with van der Waals surface area (Å²) in [4.78, 5) is 23.4. The van der Waals surface area contributed by atoms with E-state index in [-0.39, 0.29) is 11.7 Å². The van der Waals surface area contributed by atoms with Gasteiger partial charge in [0.15, 0.2) is 11.4 Å². The van der Waals surface area contributed by atoms with Crippen molar-refractivity contribution in [3.63, 3.8) is 0 Å². The second-order valence-corrected chi connectivity index (χ2v) is 6.17. The minimum atomic E-state index is -0.322. The molecular formula is C19H18N6O2. The van der Waals surface area contributed by atoms with Crippen LogP contribution in [-0.2, 0) is 0 Å². The van der Waals surface area contributed by atoms with E-state index >= 15 is 0 Å². The molecule has 0 spiro atoms. The molecule has 0 radical (unpaired) electrons. The van der Waals surface area contributed by atoms with E-state index < -0.39 is 0 Å². The lowest BCUT2D eigenvalue weighted by molar-refractivity contribution is 0.102. The average Bonchev–Trinajstić information content (AvgIpc) is 3.09. The molecule has 4 aromatic rings. The molecule has 0 aliphatic carbocycles. The SMILES string of the molecule is CCN(C)c1cc2ncccc2cc1NC(=O)c1cnn2cc(O)cnc12. The van der Waals surface area contributed by atoms with Crippen molar-refractivity contribution in [3.8, 4) is 5.75 Å². The Morgan fingerprint density at radius 3 is 2.96 bits per heavy atom. The van der Waals surface area contributed by atoms with Crippen molar-refractivity contribution in [2.24, 2.45) is 0 Å². The standard InChI is InChI=1S/C19H18N6O2/c1-3-24(2)17-8-15-12(5-4-6-20-15)7-16(17)23-19(27)14-10-22-25-11-13(26)9-21-18(14)25/h4-11,26H,3H2,1-2H3,(H,23,27). The largest absolute Gasteiger partial charge is 0.505 e. The minimum absolute atomic E-state index is 0.0218. The highest BCUT2D eigenvalue weighted by atomic mass is 16.3. The fraction of sp³-hybridized carbons (Fsp3) is 0.158. The zero-order valence-corrected chi connectivity index (χ0v) is 14.9. The summed E-state index contributed by atoms with van der Waals surface area (Å²) in [5.74, 6) is -0.344. The zero-order valence-electron chi connectivity index (χ0n) is 14.9. The fourth-order valence-electron chi connectivity index (χ4n) is 2.91. The Labute approximate surface area is 155 Å². The van der Waals surface area contributed by atoms with Crippen molar-refractivity contribution < 1.29 is 9.90 Å². The summed E-state index contributed by atoms with van der Waals surface area (Å²) in [6, 6.07) is 7.68. The Hall–Kier alpha value is -3.68. The molecule has 0 bridgehead atoms. The van der Waals surface area contributed by atoms with Gasteiger partial charge in [-0.25, -0.2) is 9.50 Å². The number of carbonyl (C=O) groups excluding carboxylic acids is 1. The van der Waals surface area contributed by atoms with Crippen molar-refractivity contribution in [3.05, 3.63) is 54.6 Å². The lowest BCUT2D eigenvalue weighted by Gasteiger charge is -2.21. The molecule has 2 N–H and O–H groups in total. The van der Waals surface area contributed by atoms with Crippen LogP contribution in [0.2, 0.25) is 0 Å². The second-order valence-electron chi connectivity index (χ2n) is 6.17. The number of amides is 1. The van der Waals surface area contributed by atoms with Crippen molar-refractivity contribution in [2.75, 3.05) is 23.8 Å². The van der Waals surface area contributed by atoms with E-state index in [2.05, 4.69) is 20.4 Å². The summed E-state index contributed by atoms with van der Waals surface area (Å²) in [6.07, 6.45) is 5.86. The summed E-state index contributed by atoms with van der Waals surface area (Å²) in [5.41, 5.74) is 3.12. The molecule has 27 heavy (non-hydrogen) atoms. The monoisotopic (exact) mass is 362 g/mol. The Kier molecular flexibility index (Phi) is 4.08. The molecule has 3 aromatic heterocycles. The van der Waals surface area contributed by atoms with Crippen LogP contribution in [-0.4, -0.2) is 44.2 Å². The van der Waals surface area contributed by atoms with Gasteiger partial charge in [0.1, 0.15) is 5.56 Å². The number of benzene rings is 1. The maximum absolute atomic E-state index is 12.9. The van der Waals surface area contributed by atoms with Crippen molar-refractivity contribution in [1.29, 1.82) is 0 Å². The number of nitrogens with zero attached hydrogens (tertiary/aromatic N) is 5. The van der Waals surface area contributed by atoms with E-state index in [9.17, 15) is 9.90 Å². The van der Waals surface area contributed by atoms with E-state index in [1.165, 1.54) is 23.1 Å². The number of hydrogen-bond donors (Lipinski definition) is 2. The number of pyridine rings is 1. The third kappa shape index (κ3) is 3.01. The Morgan fingerprint density at radius 2 is 2.15 bits per heavy atom. The third-order valence-corrected chi connectivity index (χ3v) is 4.44. The van der Waals surface area contributed by atoms with Crippen LogP contribution in [0, 0.1) is 0 Å². The van der Waals surface area contributed by atoms with Gasteiger partial charge in [0, 0.05) is 25.2 Å². The van der Waals surface area contributed by atoms with E-state index in [0.717, 1.165) is 23.1 Å². The van der Waals surface area contributed by atoms with Crippen molar-refractivity contribution >= 4 is 33.8 Å². The summed E-state index contributed by atoms with van der Waals surface area (Å²) in [6.45, 7) is 2.81. The van der Waals surface area contributed by atoms with Gasteiger partial charge in [-0.05, 0) is 25.1 Å². The van der Waals surface area contributed by atoms with Gasteiger partial charge in [-0.2, -0.15) is 5.10 Å². The predicted molar refractivity (Wildman–Crippen MR) is 103 cm³/mol. The fourth-order valence-corrected chi connectivity index (χ4v) is 2.91. The minimum Gasteiger partial charge on any atom is -0.505 e. The van der Waals surface area contributed by atoms with E-state index in [1.54, 1.807) is 6.20 Å². The van der Waals surface area contributed by atoms with Crippen molar-refractivity contribution in [2.45, 2.75) is 6.92 Å². The van der Waals surface area contributed by atoms with E-state index in [0.29, 0.717) is 16.9 Å². The van der Waals surface area contributed by atoms with Crippen LogP contribution in [0.3, 0.4) is 0 Å². The second kappa shape index (κ2) is 6.56. The normalized spacial score (nSPS) is 11.0. The van der Waals surface area contributed by atoms with Crippen LogP contribution in [0.5, 0.6) is 5.75 Å². The van der Waals surface area contributed by atoms with Gasteiger partial charge in [0.2, 0.25) is 0 Å². The number of anilines is 2. The maximum Gasteiger partial charge on any atom is 0.261 e. The molecule has 1 aromatic carbocycles. The molecule has 0 saturated carbocycles. The lowest BCUT2D eigenvalue weighted by Crippen LogP contribution is -2.20. The quantitative estimate of drug-likeness (QED) is 0.579. The van der Waals surface area contributed by atoms with Gasteiger partial charge < -0.3 is 15.3 Å². The number of aromatic hydroxyl groups is 1. The summed E-state index contributed by atoms with van der Waals surface area (Å²) >= 11 is 0. The number of nitrogens with one attached hydrogen (secondary N) is 1. The maximum atomic E-state index is 12.9. The number of hydrogen-bond acceptors (Lipinski definition) is 6. The smallest absolute Gasteiger partial charge is 0.261 e. The molecule has 4 rings (SSSR count). The molecule has 136 valence electrons. The predicted octanol–water partition coefficient (Wildman–Crippen LogP) is 2.69. The molecule has 0 saturated heterocycles. The van der Waals surface area contributed by atoms with Crippen LogP contribution in [0.4, 0.5) is 11.4 Å². The molecule has 0 aliphatic rings. The summed E-state index contributed by atoms with van der Waals surface area (Å²) < 4.78 is 1.37. The summed E-state index contributed by atoms with van der Waals surface area (Å²) in [5, 5.41) is 17.5. The Balaban J connectivity index is 1.76. The van der Waals surface area contributed by atoms with Gasteiger partial charge >= 0.3 is 0 Å². The summed E-state index contributed by atoms with van der Waals surface area (Å²) in [7, 11) is 1.96. The highest BCUT2D eigenvalue weighted by Crippen LogP contribution is 2.30. The molecule has 0 aliphatic heterocycles. The van der Waals surface area contributed by atoms with Crippen LogP contribution in [0.1, 0.15) is 17.3 Å². The highest BCUT2D eigenvalue weighted by Gasteiger charge is 2.17. The first kappa shape index (κ1) is 16.8. The molecule has 8 heteroatoms. The first-order valence-corrected chi connectivity index (χ1v) is 8.50. The van der Waals surface area contributed by atoms with Crippen LogP contribution < -0.4 is 10.2 Å². The zero-order chi connectivity index (χ0) is 19.0. The van der Waals surface area contributed by atoms with Gasteiger partial charge in [-0.1, -0.05) is 6.07 Å². The molecule has 0 fully saturated rings. The van der Waals surface area contributed by atoms with Crippen LogP contribution in [0.25, 0.3) is 16.6 Å². The third-order valence-electron chi connectivity index (χ3n) is 4.44. The first-order valence-electron chi connectivity index (χ1n) is 8.50. The first-order chi connectivity index (χ1) is 13.1.